The minimum absolute atomic E-state index is 1.23. The van der Waals surface area contributed by atoms with Crippen LogP contribution < -0.4 is 4.57 Å². The van der Waals surface area contributed by atoms with Gasteiger partial charge in [0.25, 0.3) is 5.82 Å². The lowest BCUT2D eigenvalue weighted by Crippen LogP contribution is -2.37. The third-order valence-corrected chi connectivity index (χ3v) is 10.3. The molecule has 0 saturated carbocycles. The first kappa shape index (κ1) is 42.2. The molecule has 45 heavy (non-hydrogen) atoms. The summed E-state index contributed by atoms with van der Waals surface area (Å²) in [7, 11) is 0. The summed E-state index contributed by atoms with van der Waals surface area (Å²) in [5.74, 6) is 1.61. The highest BCUT2D eigenvalue weighted by molar-refractivity contribution is 4.84. The Morgan fingerprint density at radius 2 is 0.689 bits per heavy atom. The van der Waals surface area contributed by atoms with E-state index in [2.05, 4.69) is 42.3 Å². The van der Waals surface area contributed by atoms with Gasteiger partial charge in [-0.05, 0) is 32.1 Å². The molecule has 1 rings (SSSR count). The summed E-state index contributed by atoms with van der Waals surface area (Å²) in [6.45, 7) is 9.41. The van der Waals surface area contributed by atoms with Crippen LogP contribution in [-0.4, -0.2) is 4.57 Å². The maximum absolute atomic E-state index is 2.62. The molecule has 1 aromatic heterocycles. The maximum Gasteiger partial charge on any atom is 0.256 e. The quantitative estimate of drug-likeness (QED) is 0.0511. The predicted octanol–water partition coefficient (Wildman–Crippen LogP) is 14.6. The average Bonchev–Trinajstić information content (AvgIpc) is 3.44. The normalized spacial score (nSPS) is 11.6. The first-order valence-corrected chi connectivity index (χ1v) is 21.4. The molecule has 266 valence electrons. The molecule has 2 heteroatoms. The fraction of sp³-hybridized carbons (Fsp3) is 0.930. The van der Waals surface area contributed by atoms with Crippen LogP contribution in [0.1, 0.15) is 245 Å². The van der Waals surface area contributed by atoms with Crippen LogP contribution in [0.15, 0.2) is 12.4 Å². The van der Waals surface area contributed by atoms with Crippen LogP contribution >= 0.6 is 0 Å². The van der Waals surface area contributed by atoms with Crippen LogP contribution in [0.25, 0.3) is 0 Å². The van der Waals surface area contributed by atoms with Crippen LogP contribution in [0.4, 0.5) is 0 Å². The van der Waals surface area contributed by atoms with Crippen LogP contribution in [0, 0.1) is 0 Å². The summed E-state index contributed by atoms with van der Waals surface area (Å²) in [5.41, 5.74) is 0. The first-order chi connectivity index (χ1) is 22.3. The monoisotopic (exact) mass is 630 g/mol. The van der Waals surface area contributed by atoms with Gasteiger partial charge < -0.3 is 0 Å². The fourth-order valence-electron chi connectivity index (χ4n) is 7.21. The molecule has 0 fully saturated rings. The summed E-state index contributed by atoms with van der Waals surface area (Å²) in [6, 6.07) is 0. The predicted molar refractivity (Wildman–Crippen MR) is 202 cm³/mol. The second kappa shape index (κ2) is 34.5. The molecule has 0 aliphatic carbocycles. The molecule has 0 aliphatic heterocycles. The second-order valence-corrected chi connectivity index (χ2v) is 14.8. The third kappa shape index (κ3) is 26.9. The van der Waals surface area contributed by atoms with Crippen LogP contribution in [0.2, 0.25) is 0 Å². The largest absolute Gasteiger partial charge is 0.256 e. The number of hydrogen-bond acceptors (Lipinski definition) is 0. The Morgan fingerprint density at radius 1 is 0.378 bits per heavy atom. The Labute approximate surface area is 285 Å². The van der Waals surface area contributed by atoms with Gasteiger partial charge in [0.05, 0.1) is 13.1 Å². The van der Waals surface area contributed by atoms with E-state index in [0.717, 1.165) is 0 Å². The number of unbranched alkanes of at least 4 members (excludes halogenated alkanes) is 31. The number of aryl methyl sites for hydroxylation is 2. The van der Waals surface area contributed by atoms with Crippen molar-refractivity contribution in [3.8, 4) is 0 Å². The van der Waals surface area contributed by atoms with Gasteiger partial charge in [-0.3, -0.25) is 0 Å². The van der Waals surface area contributed by atoms with Crippen molar-refractivity contribution in [1.82, 2.24) is 4.57 Å². The molecule has 1 heterocycles. The Kier molecular flexibility index (Phi) is 32.4. The van der Waals surface area contributed by atoms with Crippen molar-refractivity contribution in [2.45, 2.75) is 259 Å². The lowest BCUT2D eigenvalue weighted by Gasteiger charge is -2.07. The van der Waals surface area contributed by atoms with Gasteiger partial charge in [-0.15, -0.1) is 0 Å². The molecule has 0 spiro atoms. The highest BCUT2D eigenvalue weighted by atomic mass is 15.1. The van der Waals surface area contributed by atoms with Crippen molar-refractivity contribution >= 4 is 0 Å². The second-order valence-electron chi connectivity index (χ2n) is 14.8. The Bertz CT molecular complexity index is 692. The molecule has 0 unspecified atom stereocenters. The van der Waals surface area contributed by atoms with E-state index in [0.29, 0.717) is 0 Å². The lowest BCUT2D eigenvalue weighted by atomic mass is 10.0. The van der Waals surface area contributed by atoms with Crippen LogP contribution in [-0.2, 0) is 19.5 Å². The van der Waals surface area contributed by atoms with Gasteiger partial charge in [0.15, 0.2) is 0 Å². The lowest BCUT2D eigenvalue weighted by molar-refractivity contribution is -0.704. The van der Waals surface area contributed by atoms with Gasteiger partial charge in [0, 0.05) is 6.42 Å². The van der Waals surface area contributed by atoms with Crippen molar-refractivity contribution < 1.29 is 4.57 Å². The van der Waals surface area contributed by atoms with Gasteiger partial charge >= 0.3 is 0 Å². The summed E-state index contributed by atoms with van der Waals surface area (Å²) in [5, 5.41) is 0. The standard InChI is InChI=1S/C43H85N2/c1-4-7-10-13-15-17-19-21-23-24-26-28-30-32-34-37-40-45-42-41-44(43(45)38-35-12-9-6-3)39-36-33-31-29-27-25-22-20-18-16-14-11-8-5-2/h41-42H,4-40H2,1-3H3/q+1. The van der Waals surface area contributed by atoms with Crippen LogP contribution in [0.3, 0.4) is 0 Å². The van der Waals surface area contributed by atoms with Gasteiger partial charge in [0.2, 0.25) is 0 Å². The Balaban J connectivity index is 2.11. The number of hydrogen-bond donors (Lipinski definition) is 0. The number of aromatic nitrogens is 2. The van der Waals surface area contributed by atoms with E-state index < -0.39 is 0 Å². The molecule has 0 saturated heterocycles. The molecule has 1 aromatic rings. The van der Waals surface area contributed by atoms with Gasteiger partial charge in [-0.1, -0.05) is 207 Å². The molecular weight excluding hydrogens is 544 g/mol. The van der Waals surface area contributed by atoms with Crippen molar-refractivity contribution in [2.75, 3.05) is 0 Å². The van der Waals surface area contributed by atoms with E-state index >= 15 is 0 Å². The molecule has 2 nitrogen and oxygen atoms in total. The number of imidazole rings is 1. The first-order valence-electron chi connectivity index (χ1n) is 21.4. The van der Waals surface area contributed by atoms with Crippen molar-refractivity contribution in [1.29, 1.82) is 0 Å². The molecule has 0 aromatic carbocycles. The molecule has 0 amide bonds. The van der Waals surface area contributed by atoms with Gasteiger partial charge in [-0.25, -0.2) is 9.13 Å². The molecule has 0 atom stereocenters. The van der Waals surface area contributed by atoms with Crippen LogP contribution in [0.5, 0.6) is 0 Å². The van der Waals surface area contributed by atoms with E-state index in [-0.39, 0.29) is 0 Å². The smallest absolute Gasteiger partial charge is 0.234 e. The van der Waals surface area contributed by atoms with E-state index in [4.69, 9.17) is 0 Å². The maximum atomic E-state index is 2.62. The van der Waals surface area contributed by atoms with Gasteiger partial charge in [-0.2, -0.15) is 0 Å². The molecule has 0 N–H and O–H groups in total. The van der Waals surface area contributed by atoms with Crippen molar-refractivity contribution in [3.63, 3.8) is 0 Å². The molecule has 0 aliphatic rings. The van der Waals surface area contributed by atoms with E-state index in [1.54, 1.807) is 5.82 Å². The topological polar surface area (TPSA) is 8.81 Å². The Hall–Kier alpha value is -0.790. The number of rotatable bonds is 37. The minimum Gasteiger partial charge on any atom is -0.234 e. The summed E-state index contributed by atoms with van der Waals surface area (Å²) in [6.07, 6.45) is 54.9. The summed E-state index contributed by atoms with van der Waals surface area (Å²) >= 11 is 0. The summed E-state index contributed by atoms with van der Waals surface area (Å²) < 4.78 is 5.25. The summed E-state index contributed by atoms with van der Waals surface area (Å²) in [4.78, 5) is 0. The zero-order chi connectivity index (χ0) is 32.3. The van der Waals surface area contributed by atoms with Gasteiger partial charge in [0.1, 0.15) is 12.4 Å². The zero-order valence-corrected chi connectivity index (χ0v) is 31.7. The highest BCUT2D eigenvalue weighted by Gasteiger charge is 2.16. The van der Waals surface area contributed by atoms with Crippen molar-refractivity contribution in [2.24, 2.45) is 0 Å². The third-order valence-electron chi connectivity index (χ3n) is 10.3. The highest BCUT2D eigenvalue weighted by Crippen LogP contribution is 2.16. The average molecular weight is 630 g/mol. The zero-order valence-electron chi connectivity index (χ0n) is 31.7. The molecular formula is C43H85N2+. The SMILES string of the molecule is CCCCCCCCCCCCCCCCCC[n+]1ccn(CCCCCCCCCCCCCCCC)c1CCCCCC. The Morgan fingerprint density at radius 3 is 1.07 bits per heavy atom. The van der Waals surface area contributed by atoms with E-state index in [1.165, 1.54) is 238 Å². The molecule has 0 bridgehead atoms. The fourth-order valence-corrected chi connectivity index (χ4v) is 7.21. The van der Waals surface area contributed by atoms with E-state index in [1.807, 2.05) is 0 Å². The number of nitrogens with zero attached hydrogens (tertiary/aromatic N) is 2. The van der Waals surface area contributed by atoms with Crippen molar-refractivity contribution in [3.05, 3.63) is 18.2 Å². The van der Waals surface area contributed by atoms with E-state index in [9.17, 15) is 0 Å². The molecule has 0 radical (unpaired) electrons. The minimum atomic E-state index is 1.23.